The fraction of sp³-hybridized carbons (Fsp3) is 0.308. The van der Waals surface area contributed by atoms with Gasteiger partial charge in [0.25, 0.3) is 8.45 Å². The minimum absolute atomic E-state index is 0.104. The Morgan fingerprint density at radius 1 is 0.412 bits per heavy atom. The van der Waals surface area contributed by atoms with E-state index < -0.39 is 16.9 Å². The molecule has 0 saturated carbocycles. The Morgan fingerprint density at radius 2 is 0.853 bits per heavy atom. The zero-order valence-corrected chi connectivity index (χ0v) is 41.0. The van der Waals surface area contributed by atoms with Crippen molar-refractivity contribution >= 4 is 25.8 Å². The lowest BCUT2D eigenvalue weighted by Crippen LogP contribution is -2.37. The van der Waals surface area contributed by atoms with Gasteiger partial charge in [-0.1, -0.05) is 97.1 Å². The van der Waals surface area contributed by atoms with Crippen molar-refractivity contribution < 1.29 is 48.6 Å². The second-order valence-electron chi connectivity index (χ2n) is 15.9. The van der Waals surface area contributed by atoms with Crippen molar-refractivity contribution in [2.24, 2.45) is 0 Å². The molecule has 0 aliphatic carbocycles. The van der Waals surface area contributed by atoms with Gasteiger partial charge in [-0.3, -0.25) is 0 Å². The quantitative estimate of drug-likeness (QED) is 0.0234. The molecule has 0 bridgehead atoms. The summed E-state index contributed by atoms with van der Waals surface area (Å²) in [5, 5.41) is 38.3. The number of unbranched alkanes of at least 4 members (excludes halogenated alkanes) is 4. The third-order valence-corrected chi connectivity index (χ3v) is 16.0. The second-order valence-corrected chi connectivity index (χ2v) is 20.6. The van der Waals surface area contributed by atoms with Gasteiger partial charge in [0.2, 0.25) is 5.75 Å². The zero-order valence-electron chi connectivity index (χ0n) is 38.2. The van der Waals surface area contributed by atoms with Crippen LogP contribution in [0.5, 0.6) is 46.0 Å². The highest BCUT2D eigenvalue weighted by Crippen LogP contribution is 2.67. The van der Waals surface area contributed by atoms with Crippen LogP contribution in [0.25, 0.3) is 0 Å². The minimum atomic E-state index is -1.98. The molecular formula is C52H62N3O10P3. The summed E-state index contributed by atoms with van der Waals surface area (Å²) in [7, 11) is -4.05. The van der Waals surface area contributed by atoms with Crippen LogP contribution < -0.4 is 33.1 Å². The Hall–Kier alpha value is -4.87. The number of ether oxygens (including phenoxy) is 2. The molecule has 0 amide bonds. The number of aryl methyl sites for hydroxylation is 4. The molecule has 1 aliphatic rings. The third-order valence-electron chi connectivity index (χ3n) is 10.9. The first-order chi connectivity index (χ1) is 33.6. The average Bonchev–Trinajstić information content (AvgIpc) is 3.36. The molecule has 13 nitrogen and oxygen atoms in total. The van der Waals surface area contributed by atoms with Crippen LogP contribution in [0.4, 0.5) is 0 Å². The number of nitrogens with one attached hydrogen (secondary N) is 1. The average molecular weight is 982 g/mol. The molecule has 6 aromatic carbocycles. The van der Waals surface area contributed by atoms with E-state index in [1.165, 1.54) is 0 Å². The van der Waals surface area contributed by atoms with Crippen molar-refractivity contribution in [1.82, 2.24) is 14.1 Å². The largest absolute Gasteiger partial charge is 0.453 e. The molecule has 1 saturated heterocycles. The first kappa shape index (κ1) is 51.0. The Balaban J connectivity index is 1.30. The highest BCUT2D eigenvalue weighted by molar-refractivity contribution is 7.74. The Labute approximate surface area is 404 Å². The SMILES string of the molecule is OCCCCc1ccccc1Oc1cccc(OP2NPN(Oc3ccccc3CCCCO)P(Oc3ccccc3CCCCO)N2Oc2ccccc2)c1Oc1ccccc1CCCCO. The summed E-state index contributed by atoms with van der Waals surface area (Å²) in [6, 6.07) is 46.6. The second kappa shape index (κ2) is 28.0. The van der Waals surface area contributed by atoms with Gasteiger partial charge in [0.15, 0.2) is 17.2 Å². The molecule has 6 aromatic rings. The maximum atomic E-state index is 9.63. The van der Waals surface area contributed by atoms with E-state index in [9.17, 15) is 20.4 Å². The molecule has 0 spiro atoms. The normalized spacial score (nSPS) is 15.5. The van der Waals surface area contributed by atoms with E-state index >= 15 is 0 Å². The predicted molar refractivity (Wildman–Crippen MR) is 270 cm³/mol. The Morgan fingerprint density at radius 3 is 1.41 bits per heavy atom. The van der Waals surface area contributed by atoms with Gasteiger partial charge < -0.3 is 48.6 Å². The molecule has 1 fully saturated rings. The summed E-state index contributed by atoms with van der Waals surface area (Å²) in [6.07, 6.45) is 8.65. The maximum Gasteiger partial charge on any atom is 0.332 e. The van der Waals surface area contributed by atoms with E-state index in [4.69, 9.17) is 28.2 Å². The lowest BCUT2D eigenvalue weighted by molar-refractivity contribution is 0.0668. The van der Waals surface area contributed by atoms with E-state index in [-0.39, 0.29) is 35.3 Å². The fourth-order valence-corrected chi connectivity index (χ4v) is 12.9. The van der Waals surface area contributed by atoms with Gasteiger partial charge in [-0.25, -0.2) is 4.86 Å². The summed E-state index contributed by atoms with van der Waals surface area (Å²) in [4.78, 5) is 17.3. The molecule has 16 heteroatoms. The van der Waals surface area contributed by atoms with Crippen LogP contribution >= 0.6 is 25.8 Å². The lowest BCUT2D eigenvalue weighted by atomic mass is 10.1. The zero-order chi connectivity index (χ0) is 47.2. The molecule has 1 heterocycles. The topological polar surface area (TPSA) is 155 Å². The van der Waals surface area contributed by atoms with E-state index in [0.717, 1.165) is 54.4 Å². The monoisotopic (exact) mass is 981 g/mol. The van der Waals surface area contributed by atoms with Crippen LogP contribution in [0.15, 0.2) is 146 Å². The van der Waals surface area contributed by atoms with Gasteiger partial charge in [-0.2, -0.15) is 0 Å². The summed E-state index contributed by atoms with van der Waals surface area (Å²) >= 11 is 0. The van der Waals surface area contributed by atoms with Gasteiger partial charge in [0.1, 0.15) is 23.0 Å². The van der Waals surface area contributed by atoms with Crippen LogP contribution in [0.3, 0.4) is 0 Å². The van der Waals surface area contributed by atoms with Crippen molar-refractivity contribution in [2.45, 2.75) is 77.0 Å². The number of hydrogen-bond donors (Lipinski definition) is 5. The van der Waals surface area contributed by atoms with Crippen molar-refractivity contribution in [3.63, 3.8) is 0 Å². The van der Waals surface area contributed by atoms with E-state index in [1.54, 1.807) is 9.21 Å². The van der Waals surface area contributed by atoms with Crippen LogP contribution in [-0.2, 0) is 25.7 Å². The van der Waals surface area contributed by atoms with Gasteiger partial charge in [0, 0.05) is 31.0 Å². The van der Waals surface area contributed by atoms with E-state index in [2.05, 4.69) is 4.86 Å². The number of aliphatic hydroxyl groups is 4. The number of nitrogens with zero attached hydrogens (tertiary/aromatic N) is 2. The first-order valence-electron chi connectivity index (χ1n) is 23.3. The molecule has 0 aromatic heterocycles. The van der Waals surface area contributed by atoms with E-state index in [0.29, 0.717) is 90.9 Å². The van der Waals surface area contributed by atoms with E-state index in [1.807, 2.05) is 146 Å². The summed E-state index contributed by atoms with van der Waals surface area (Å²) < 4.78 is 31.5. The summed E-state index contributed by atoms with van der Waals surface area (Å²) in [5.41, 5.74) is 3.95. The van der Waals surface area contributed by atoms with Crippen molar-refractivity contribution in [1.29, 1.82) is 0 Å². The predicted octanol–water partition coefficient (Wildman–Crippen LogP) is 12.1. The highest BCUT2D eigenvalue weighted by atomic mass is 31.3. The standard InChI is InChI=1S/C52H62N3O10P3/c56-37-16-12-25-41-21-4-8-31-46(41)60-50-35-20-36-51(52(50)61-47-32-9-5-22-42(47)26-13-17-38-57)64-67-53-66-54(63-48-33-10-6-23-43(48)27-14-18-39-58)68(55(67)62-45-29-2-1-3-30-45)65-49-34-11-7-24-44(49)28-15-19-40-59/h1-11,20-24,29-36,53,56-59,66H,12-19,25-28,37-40H2. The number of benzene rings is 6. The summed E-state index contributed by atoms with van der Waals surface area (Å²) in [6.45, 7) is 0.444. The number of para-hydroxylation sites is 6. The third kappa shape index (κ3) is 14.8. The van der Waals surface area contributed by atoms with Crippen LogP contribution in [-0.4, -0.2) is 56.1 Å². The summed E-state index contributed by atoms with van der Waals surface area (Å²) in [5.74, 6) is 4.34. The van der Waals surface area contributed by atoms with Crippen molar-refractivity contribution in [2.75, 3.05) is 26.4 Å². The first-order valence-corrected chi connectivity index (χ1v) is 26.6. The van der Waals surface area contributed by atoms with Gasteiger partial charge in [-0.15, -0.1) is 0 Å². The molecule has 3 atom stereocenters. The number of rotatable bonds is 28. The molecule has 68 heavy (non-hydrogen) atoms. The molecule has 5 N–H and O–H groups in total. The van der Waals surface area contributed by atoms with Crippen molar-refractivity contribution in [3.8, 4) is 46.0 Å². The minimum Gasteiger partial charge on any atom is -0.453 e. The molecule has 7 rings (SSSR count). The Bertz CT molecular complexity index is 2420. The van der Waals surface area contributed by atoms with Gasteiger partial charge in [-0.05, 0) is 152 Å². The highest BCUT2D eigenvalue weighted by Gasteiger charge is 2.47. The lowest BCUT2D eigenvalue weighted by Gasteiger charge is -2.42. The Kier molecular flexibility index (Phi) is 21.0. The fourth-order valence-electron chi connectivity index (χ4n) is 7.32. The molecule has 1 aliphatic heterocycles. The number of hydrogen-bond acceptors (Lipinski definition) is 13. The van der Waals surface area contributed by atoms with Crippen LogP contribution in [0.1, 0.15) is 73.6 Å². The van der Waals surface area contributed by atoms with Crippen LogP contribution in [0, 0.1) is 0 Å². The maximum absolute atomic E-state index is 9.63. The molecule has 360 valence electrons. The molecular weight excluding hydrogens is 920 g/mol. The molecule has 0 radical (unpaired) electrons. The van der Waals surface area contributed by atoms with Crippen molar-refractivity contribution in [3.05, 3.63) is 168 Å². The molecule has 3 unspecified atom stereocenters. The van der Waals surface area contributed by atoms with Gasteiger partial charge in [0.05, 0.1) is 8.88 Å². The number of aliphatic hydroxyl groups excluding tert-OH is 4. The van der Waals surface area contributed by atoms with Crippen LogP contribution in [0.2, 0.25) is 0 Å². The van der Waals surface area contributed by atoms with Gasteiger partial charge >= 0.3 is 8.45 Å². The smallest absolute Gasteiger partial charge is 0.332 e.